The molecule has 0 aliphatic rings. The average Bonchev–Trinajstić information content (AvgIpc) is 2.28. The summed E-state index contributed by atoms with van der Waals surface area (Å²) >= 11 is 0. The summed E-state index contributed by atoms with van der Waals surface area (Å²) in [6, 6.07) is 0.588. The topological polar surface area (TPSA) is 75.6 Å². The highest BCUT2D eigenvalue weighted by atomic mass is 19.4. The first-order valence-corrected chi connectivity index (χ1v) is 4.83. The molecule has 2 N–H and O–H groups in total. The van der Waals surface area contributed by atoms with Gasteiger partial charge in [-0.25, -0.2) is 18.4 Å². The lowest BCUT2D eigenvalue weighted by Gasteiger charge is -2.10. The summed E-state index contributed by atoms with van der Waals surface area (Å²) in [5.74, 6) is -4.50. The number of rotatable bonds is 3. The van der Waals surface area contributed by atoms with Gasteiger partial charge < -0.3 is 9.84 Å². The Balaban J connectivity index is 2.85. The molecule has 0 spiro atoms. The maximum absolute atomic E-state index is 13.2. The maximum Gasteiger partial charge on any atom is 0.422 e. The Morgan fingerprint density at radius 2 is 1.80 bits per heavy atom. The Morgan fingerprint density at radius 1 is 1.20 bits per heavy atom. The third-order valence-electron chi connectivity index (χ3n) is 1.89. The molecule has 1 rings (SSSR count). The van der Waals surface area contributed by atoms with Gasteiger partial charge in [0.05, 0.1) is 11.3 Å². The largest absolute Gasteiger partial charge is 0.478 e. The van der Waals surface area contributed by atoms with Crippen molar-refractivity contribution in [3.05, 3.63) is 29.3 Å². The molecule has 1 aromatic carbocycles. The molecule has 0 heterocycles. The van der Waals surface area contributed by atoms with Gasteiger partial charge >= 0.3 is 18.2 Å². The van der Waals surface area contributed by atoms with Crippen molar-refractivity contribution >= 4 is 17.7 Å². The van der Waals surface area contributed by atoms with Crippen molar-refractivity contribution in [1.82, 2.24) is 0 Å². The highest BCUT2D eigenvalue weighted by molar-refractivity contribution is 5.91. The first kappa shape index (κ1) is 15.7. The minimum Gasteiger partial charge on any atom is -0.478 e. The fourth-order valence-electron chi connectivity index (χ4n) is 1.10. The molecule has 1 amide bonds. The highest BCUT2D eigenvalue weighted by Gasteiger charge is 2.29. The van der Waals surface area contributed by atoms with E-state index in [9.17, 15) is 31.5 Å². The molecule has 0 aliphatic heterocycles. The normalized spacial score (nSPS) is 11.1. The van der Waals surface area contributed by atoms with Crippen molar-refractivity contribution in [2.24, 2.45) is 0 Å². The number of carboxylic acid groups (broad SMARTS) is 1. The van der Waals surface area contributed by atoms with Crippen LogP contribution < -0.4 is 5.32 Å². The highest BCUT2D eigenvalue weighted by Crippen LogP contribution is 2.20. The lowest BCUT2D eigenvalue weighted by Crippen LogP contribution is -2.24. The van der Waals surface area contributed by atoms with Gasteiger partial charge in [0, 0.05) is 6.07 Å². The summed E-state index contributed by atoms with van der Waals surface area (Å²) < 4.78 is 65.2. The van der Waals surface area contributed by atoms with Crippen LogP contribution in [0.5, 0.6) is 0 Å². The Kier molecular flexibility index (Phi) is 4.48. The summed E-state index contributed by atoms with van der Waals surface area (Å²) in [6.07, 6.45) is -6.44. The van der Waals surface area contributed by atoms with Crippen LogP contribution in [0.1, 0.15) is 10.4 Å². The molecule has 0 radical (unpaired) electrons. The standard InChI is InChI=1S/C10H6F5NO4/c11-5-2-6(12)7(1-4(5)8(17)18)16-9(19)20-3-10(13,14)15/h1-2H,3H2,(H,16,19)(H,17,18). The molecule has 0 aromatic heterocycles. The monoisotopic (exact) mass is 299 g/mol. The number of halogens is 5. The molecule has 0 saturated carbocycles. The zero-order valence-electron chi connectivity index (χ0n) is 9.42. The number of hydrogen-bond donors (Lipinski definition) is 2. The predicted molar refractivity (Wildman–Crippen MR) is 54.3 cm³/mol. The van der Waals surface area contributed by atoms with Crippen molar-refractivity contribution in [2.45, 2.75) is 6.18 Å². The minimum atomic E-state index is -4.77. The smallest absolute Gasteiger partial charge is 0.422 e. The summed E-state index contributed by atoms with van der Waals surface area (Å²) in [5.41, 5.74) is -1.78. The Hall–Kier alpha value is -2.39. The number of carboxylic acids is 1. The van der Waals surface area contributed by atoms with E-state index in [1.807, 2.05) is 0 Å². The molecule has 0 fully saturated rings. The van der Waals surface area contributed by atoms with Gasteiger partial charge in [0.15, 0.2) is 6.61 Å². The number of nitrogens with one attached hydrogen (secondary N) is 1. The van der Waals surface area contributed by atoms with E-state index in [0.717, 1.165) is 0 Å². The second-order valence-corrected chi connectivity index (χ2v) is 3.43. The van der Waals surface area contributed by atoms with Gasteiger partial charge in [0.1, 0.15) is 11.6 Å². The predicted octanol–water partition coefficient (Wildman–Crippen LogP) is 2.77. The van der Waals surface area contributed by atoms with E-state index in [1.54, 1.807) is 0 Å². The fraction of sp³-hybridized carbons (Fsp3) is 0.200. The van der Waals surface area contributed by atoms with Crippen LogP contribution >= 0.6 is 0 Å². The number of aromatic carboxylic acids is 1. The molecule has 10 heteroatoms. The first-order chi connectivity index (χ1) is 9.10. The van der Waals surface area contributed by atoms with Crippen LogP contribution in [0.25, 0.3) is 0 Å². The van der Waals surface area contributed by atoms with Gasteiger partial charge in [0.25, 0.3) is 0 Å². The van der Waals surface area contributed by atoms with Crippen LogP contribution in [0.2, 0.25) is 0 Å². The summed E-state index contributed by atoms with van der Waals surface area (Å²) in [7, 11) is 0. The molecular weight excluding hydrogens is 293 g/mol. The molecular formula is C10H6F5NO4. The Morgan fingerprint density at radius 3 is 2.30 bits per heavy atom. The van der Waals surface area contributed by atoms with Crippen molar-refractivity contribution < 1.29 is 41.4 Å². The van der Waals surface area contributed by atoms with Gasteiger partial charge in [-0.15, -0.1) is 0 Å². The Bertz CT molecular complexity index is 543. The number of alkyl halides is 3. The number of amides is 1. The molecule has 0 unspecified atom stereocenters. The van der Waals surface area contributed by atoms with Crippen molar-refractivity contribution in [3.8, 4) is 0 Å². The van der Waals surface area contributed by atoms with Crippen molar-refractivity contribution in [3.63, 3.8) is 0 Å². The minimum absolute atomic E-state index is 0.169. The SMILES string of the molecule is O=C(Nc1cc(C(=O)O)c(F)cc1F)OCC(F)(F)F. The fourth-order valence-corrected chi connectivity index (χ4v) is 1.10. The van der Waals surface area contributed by atoms with E-state index in [2.05, 4.69) is 4.74 Å². The quantitative estimate of drug-likeness (QED) is 0.841. The molecule has 110 valence electrons. The van der Waals surface area contributed by atoms with Crippen LogP contribution in [0.3, 0.4) is 0 Å². The van der Waals surface area contributed by atoms with Crippen molar-refractivity contribution in [2.75, 3.05) is 11.9 Å². The van der Waals surface area contributed by atoms with Gasteiger partial charge in [-0.05, 0) is 6.07 Å². The van der Waals surface area contributed by atoms with Crippen LogP contribution in [0, 0.1) is 11.6 Å². The zero-order valence-corrected chi connectivity index (χ0v) is 9.42. The number of ether oxygens (including phenoxy) is 1. The van der Waals surface area contributed by atoms with E-state index in [1.165, 1.54) is 5.32 Å². The molecule has 0 aliphatic carbocycles. The summed E-state index contributed by atoms with van der Waals surface area (Å²) in [5, 5.41) is 10.1. The van der Waals surface area contributed by atoms with E-state index in [-0.39, 0.29) is 6.07 Å². The van der Waals surface area contributed by atoms with Gasteiger partial charge in [-0.2, -0.15) is 13.2 Å². The van der Waals surface area contributed by atoms with Gasteiger partial charge in [-0.3, -0.25) is 5.32 Å². The zero-order chi connectivity index (χ0) is 15.5. The van der Waals surface area contributed by atoms with E-state index < -0.39 is 47.7 Å². The van der Waals surface area contributed by atoms with Crippen LogP contribution in [-0.4, -0.2) is 30.0 Å². The van der Waals surface area contributed by atoms with E-state index in [4.69, 9.17) is 5.11 Å². The number of anilines is 1. The summed E-state index contributed by atoms with van der Waals surface area (Å²) in [4.78, 5) is 21.5. The molecule has 1 aromatic rings. The second kappa shape index (κ2) is 5.72. The second-order valence-electron chi connectivity index (χ2n) is 3.43. The van der Waals surface area contributed by atoms with Crippen LogP contribution in [0.15, 0.2) is 12.1 Å². The lowest BCUT2D eigenvalue weighted by molar-refractivity contribution is -0.159. The number of benzene rings is 1. The van der Waals surface area contributed by atoms with Crippen molar-refractivity contribution in [1.29, 1.82) is 0 Å². The number of carbonyl (C=O) groups excluding carboxylic acids is 1. The molecule has 5 nitrogen and oxygen atoms in total. The van der Waals surface area contributed by atoms with Crippen LogP contribution in [0.4, 0.5) is 32.4 Å². The van der Waals surface area contributed by atoms with E-state index in [0.29, 0.717) is 6.07 Å². The average molecular weight is 299 g/mol. The van der Waals surface area contributed by atoms with Gasteiger partial charge in [-0.1, -0.05) is 0 Å². The maximum atomic E-state index is 13.2. The third-order valence-corrected chi connectivity index (χ3v) is 1.89. The molecule has 0 atom stereocenters. The van der Waals surface area contributed by atoms with Gasteiger partial charge in [0.2, 0.25) is 0 Å². The third kappa shape index (κ3) is 4.37. The molecule has 20 heavy (non-hydrogen) atoms. The molecule has 0 saturated heterocycles. The number of hydrogen-bond acceptors (Lipinski definition) is 3. The Labute approximate surface area is 107 Å². The van der Waals surface area contributed by atoms with E-state index >= 15 is 0 Å². The first-order valence-electron chi connectivity index (χ1n) is 4.83. The summed E-state index contributed by atoms with van der Waals surface area (Å²) in [6.45, 7) is -1.91. The number of carbonyl (C=O) groups is 2. The van der Waals surface area contributed by atoms with Crippen LogP contribution in [-0.2, 0) is 4.74 Å². The molecule has 0 bridgehead atoms. The lowest BCUT2D eigenvalue weighted by atomic mass is 10.2.